The molecule has 0 aromatic heterocycles. The molecule has 1 aliphatic carbocycles. The van der Waals surface area contributed by atoms with Crippen molar-refractivity contribution < 1.29 is 13.9 Å². The maximum absolute atomic E-state index is 13.2. The monoisotopic (exact) mass is 234 g/mol. The van der Waals surface area contributed by atoms with Crippen molar-refractivity contribution in [2.75, 3.05) is 0 Å². The van der Waals surface area contributed by atoms with Gasteiger partial charge in [-0.15, -0.1) is 0 Å². The third kappa shape index (κ3) is 2.02. The number of ether oxygens (including phenoxy) is 2. The molecule has 0 N–H and O–H groups in total. The number of benzene rings is 1. The van der Waals surface area contributed by atoms with Crippen LogP contribution in [0.5, 0.6) is 0 Å². The van der Waals surface area contributed by atoms with Crippen LogP contribution >= 0.6 is 0 Å². The second-order valence-corrected chi connectivity index (χ2v) is 4.75. The zero-order chi connectivity index (χ0) is 11.7. The largest absolute Gasteiger partial charge is 0.457 e. The molecule has 3 rings (SSSR count). The van der Waals surface area contributed by atoms with Crippen LogP contribution in [0.2, 0.25) is 0 Å². The Balaban J connectivity index is 1.69. The number of halogens is 1. The molecule has 2 nitrogen and oxygen atoms in total. The normalized spacial score (nSPS) is 22.4. The molecule has 0 unspecified atom stereocenters. The van der Waals surface area contributed by atoms with Crippen LogP contribution in [0.3, 0.4) is 0 Å². The first-order valence-electron chi connectivity index (χ1n) is 6.04. The van der Waals surface area contributed by atoms with Gasteiger partial charge in [0.25, 0.3) is 0 Å². The van der Waals surface area contributed by atoms with Crippen molar-refractivity contribution in [1.29, 1.82) is 0 Å². The zero-order valence-corrected chi connectivity index (χ0v) is 9.56. The Morgan fingerprint density at radius 3 is 2.47 bits per heavy atom. The van der Waals surface area contributed by atoms with E-state index >= 15 is 0 Å². The summed E-state index contributed by atoms with van der Waals surface area (Å²) in [6, 6.07) is 6.90. The lowest BCUT2D eigenvalue weighted by Gasteiger charge is -2.35. The van der Waals surface area contributed by atoms with Crippen LogP contribution in [0.15, 0.2) is 36.8 Å². The van der Waals surface area contributed by atoms with Gasteiger partial charge in [-0.05, 0) is 36.5 Å². The van der Waals surface area contributed by atoms with E-state index in [0.29, 0.717) is 5.92 Å². The number of hydrogen-bond donors (Lipinski definition) is 0. The summed E-state index contributed by atoms with van der Waals surface area (Å²) in [4.78, 5) is 0. The summed E-state index contributed by atoms with van der Waals surface area (Å²) in [5.74, 6) is -0.161. The summed E-state index contributed by atoms with van der Waals surface area (Å²) in [5.41, 5.74) is 1.09. The molecule has 2 aliphatic rings. The Bertz CT molecular complexity index is 424. The highest BCUT2D eigenvalue weighted by Gasteiger charge is 2.40. The molecule has 1 fully saturated rings. The van der Waals surface area contributed by atoms with Crippen molar-refractivity contribution in [3.63, 3.8) is 0 Å². The fourth-order valence-corrected chi connectivity index (χ4v) is 2.72. The summed E-state index contributed by atoms with van der Waals surface area (Å²) in [7, 11) is 0. The van der Waals surface area contributed by atoms with Crippen LogP contribution < -0.4 is 0 Å². The standard InChI is InChI=1S/C14H15FO2/c15-13-3-1-2-12(10-13)11-4-6-14(7-5-11)16-8-9-17-14/h1-3,8-11H,4-7H2. The van der Waals surface area contributed by atoms with Gasteiger partial charge in [0.15, 0.2) is 0 Å². The van der Waals surface area contributed by atoms with E-state index in [1.165, 1.54) is 6.07 Å². The molecule has 1 spiro atoms. The summed E-state index contributed by atoms with van der Waals surface area (Å²) in [5, 5.41) is 0. The molecular formula is C14H15FO2. The van der Waals surface area contributed by atoms with E-state index in [1.54, 1.807) is 24.7 Å². The van der Waals surface area contributed by atoms with Gasteiger partial charge in [-0.3, -0.25) is 0 Å². The van der Waals surface area contributed by atoms with E-state index in [-0.39, 0.29) is 5.82 Å². The quantitative estimate of drug-likeness (QED) is 0.737. The molecule has 1 aromatic rings. The van der Waals surface area contributed by atoms with E-state index in [4.69, 9.17) is 9.47 Å². The minimum absolute atomic E-state index is 0.155. The van der Waals surface area contributed by atoms with Gasteiger partial charge < -0.3 is 9.47 Å². The molecule has 3 heteroatoms. The average molecular weight is 234 g/mol. The van der Waals surface area contributed by atoms with E-state index in [2.05, 4.69) is 0 Å². The zero-order valence-electron chi connectivity index (χ0n) is 9.56. The summed E-state index contributed by atoms with van der Waals surface area (Å²) >= 11 is 0. The Labute approximate surface area is 100 Å². The first kappa shape index (κ1) is 10.6. The van der Waals surface area contributed by atoms with Gasteiger partial charge in [-0.1, -0.05) is 12.1 Å². The topological polar surface area (TPSA) is 18.5 Å². The molecule has 1 heterocycles. The van der Waals surface area contributed by atoms with Gasteiger partial charge in [-0.2, -0.15) is 0 Å². The second-order valence-electron chi connectivity index (χ2n) is 4.75. The highest BCUT2D eigenvalue weighted by molar-refractivity contribution is 5.21. The van der Waals surface area contributed by atoms with E-state index in [0.717, 1.165) is 31.2 Å². The predicted octanol–water partition coefficient (Wildman–Crippen LogP) is 3.70. The summed E-state index contributed by atoms with van der Waals surface area (Å²) < 4.78 is 24.2. The molecule has 0 radical (unpaired) electrons. The second kappa shape index (κ2) is 4.06. The van der Waals surface area contributed by atoms with E-state index in [1.807, 2.05) is 6.07 Å². The van der Waals surface area contributed by atoms with Gasteiger partial charge in [0.2, 0.25) is 5.79 Å². The summed E-state index contributed by atoms with van der Waals surface area (Å²) in [6.07, 6.45) is 6.91. The van der Waals surface area contributed by atoms with Gasteiger partial charge in [0.1, 0.15) is 18.3 Å². The Kier molecular flexibility index (Phi) is 2.54. The Morgan fingerprint density at radius 1 is 1.12 bits per heavy atom. The summed E-state index contributed by atoms with van der Waals surface area (Å²) in [6.45, 7) is 0. The van der Waals surface area contributed by atoms with Crippen LogP contribution in [0.25, 0.3) is 0 Å². The molecule has 0 saturated heterocycles. The highest BCUT2D eigenvalue weighted by Crippen LogP contribution is 2.42. The highest BCUT2D eigenvalue weighted by atomic mass is 19.1. The van der Waals surface area contributed by atoms with Crippen molar-refractivity contribution >= 4 is 0 Å². The first-order chi connectivity index (χ1) is 8.27. The van der Waals surface area contributed by atoms with Gasteiger partial charge in [0.05, 0.1) is 0 Å². The maximum Gasteiger partial charge on any atom is 0.249 e. The Hall–Kier alpha value is -1.51. The molecule has 1 aromatic carbocycles. The van der Waals surface area contributed by atoms with Crippen LogP contribution in [0.4, 0.5) is 4.39 Å². The molecule has 0 amide bonds. The average Bonchev–Trinajstić information content (AvgIpc) is 2.79. The van der Waals surface area contributed by atoms with Crippen molar-refractivity contribution in [2.45, 2.75) is 37.4 Å². The molecule has 90 valence electrons. The van der Waals surface area contributed by atoms with Gasteiger partial charge >= 0.3 is 0 Å². The number of rotatable bonds is 1. The third-order valence-corrected chi connectivity index (χ3v) is 3.69. The van der Waals surface area contributed by atoms with E-state index < -0.39 is 5.79 Å². The first-order valence-corrected chi connectivity index (χ1v) is 6.04. The van der Waals surface area contributed by atoms with Crippen molar-refractivity contribution in [3.8, 4) is 0 Å². The lowest BCUT2D eigenvalue weighted by atomic mass is 9.81. The Morgan fingerprint density at radius 2 is 1.82 bits per heavy atom. The van der Waals surface area contributed by atoms with Gasteiger partial charge in [0, 0.05) is 12.8 Å². The lowest BCUT2D eigenvalue weighted by molar-refractivity contribution is -0.164. The molecule has 1 saturated carbocycles. The van der Waals surface area contributed by atoms with Crippen LogP contribution in [0, 0.1) is 5.82 Å². The van der Waals surface area contributed by atoms with Crippen LogP contribution in [-0.4, -0.2) is 5.79 Å². The van der Waals surface area contributed by atoms with Crippen molar-refractivity contribution in [3.05, 3.63) is 48.2 Å². The number of hydrogen-bond acceptors (Lipinski definition) is 2. The van der Waals surface area contributed by atoms with Crippen molar-refractivity contribution in [2.24, 2.45) is 0 Å². The molecule has 1 aliphatic heterocycles. The van der Waals surface area contributed by atoms with Crippen LogP contribution in [-0.2, 0) is 9.47 Å². The minimum atomic E-state index is -0.427. The smallest absolute Gasteiger partial charge is 0.249 e. The maximum atomic E-state index is 13.2. The third-order valence-electron chi connectivity index (χ3n) is 3.69. The predicted molar refractivity (Wildman–Crippen MR) is 61.7 cm³/mol. The minimum Gasteiger partial charge on any atom is -0.457 e. The lowest BCUT2D eigenvalue weighted by Crippen LogP contribution is -2.34. The fraction of sp³-hybridized carbons (Fsp3) is 0.429. The van der Waals surface area contributed by atoms with Crippen molar-refractivity contribution in [1.82, 2.24) is 0 Å². The molecular weight excluding hydrogens is 219 g/mol. The van der Waals surface area contributed by atoms with Gasteiger partial charge in [-0.25, -0.2) is 4.39 Å². The van der Waals surface area contributed by atoms with E-state index in [9.17, 15) is 4.39 Å². The molecule has 0 bridgehead atoms. The fourth-order valence-electron chi connectivity index (χ4n) is 2.72. The SMILES string of the molecule is Fc1cccc(C2CCC3(CC2)OC=CO3)c1. The molecule has 0 atom stereocenters. The molecule has 17 heavy (non-hydrogen) atoms. The van der Waals surface area contributed by atoms with Crippen LogP contribution in [0.1, 0.15) is 37.2 Å².